The van der Waals surface area contributed by atoms with Crippen molar-refractivity contribution in [2.75, 3.05) is 19.6 Å². The molecule has 1 aliphatic rings. The molecule has 1 fully saturated rings. The summed E-state index contributed by atoms with van der Waals surface area (Å²) in [6.45, 7) is 2.11. The normalized spacial score (nSPS) is 19.9. The molecule has 1 aromatic heterocycles. The van der Waals surface area contributed by atoms with E-state index < -0.39 is 10.0 Å². The molecule has 30 heavy (non-hydrogen) atoms. The van der Waals surface area contributed by atoms with Gasteiger partial charge in [-0.3, -0.25) is 0 Å². The molecule has 8 heteroatoms. The average Bonchev–Trinajstić information content (AvgIpc) is 3.37. The van der Waals surface area contributed by atoms with Crippen molar-refractivity contribution in [3.05, 3.63) is 84.1 Å². The van der Waals surface area contributed by atoms with Crippen molar-refractivity contribution in [2.45, 2.75) is 17.5 Å². The Labute approximate surface area is 176 Å². The molecule has 0 saturated carbocycles. The number of rotatable bonds is 7. The van der Waals surface area contributed by atoms with Gasteiger partial charge in [-0.25, -0.2) is 17.8 Å². The van der Waals surface area contributed by atoms with Crippen LogP contribution in [0.5, 0.6) is 0 Å². The van der Waals surface area contributed by atoms with Gasteiger partial charge < -0.3 is 9.88 Å². The fourth-order valence-corrected chi connectivity index (χ4v) is 5.46. The van der Waals surface area contributed by atoms with Gasteiger partial charge in [-0.05, 0) is 29.2 Å². The van der Waals surface area contributed by atoms with E-state index in [0.29, 0.717) is 26.2 Å². The molecule has 158 valence electrons. The topological polar surface area (TPSA) is 67.2 Å². The van der Waals surface area contributed by atoms with Crippen molar-refractivity contribution < 1.29 is 12.8 Å². The summed E-state index contributed by atoms with van der Waals surface area (Å²) in [7, 11) is -1.93. The fourth-order valence-electron chi connectivity index (χ4n) is 3.97. The van der Waals surface area contributed by atoms with Gasteiger partial charge in [-0.2, -0.15) is 4.31 Å². The Bertz CT molecular complexity index is 1080. The van der Waals surface area contributed by atoms with Crippen LogP contribution >= 0.6 is 0 Å². The monoisotopic (exact) mass is 428 g/mol. The predicted molar refractivity (Wildman–Crippen MR) is 113 cm³/mol. The van der Waals surface area contributed by atoms with Crippen molar-refractivity contribution in [3.63, 3.8) is 0 Å². The maximum absolute atomic E-state index is 13.4. The fraction of sp³-hybridized carbons (Fsp3) is 0.318. The van der Waals surface area contributed by atoms with Gasteiger partial charge in [0, 0.05) is 45.3 Å². The van der Waals surface area contributed by atoms with Gasteiger partial charge in [0.2, 0.25) is 0 Å². The molecule has 1 aliphatic heterocycles. The van der Waals surface area contributed by atoms with Gasteiger partial charge in [0.1, 0.15) is 5.82 Å². The quantitative estimate of drug-likeness (QED) is 0.628. The number of nitrogens with one attached hydrogen (secondary N) is 1. The van der Waals surface area contributed by atoms with Gasteiger partial charge in [0.25, 0.3) is 10.0 Å². The Hall–Kier alpha value is -2.55. The molecule has 4 rings (SSSR count). The molecule has 0 unspecified atom stereocenters. The number of nitrogens with zero attached hydrogens (tertiary/aromatic N) is 3. The first-order valence-corrected chi connectivity index (χ1v) is 11.4. The van der Waals surface area contributed by atoms with Crippen LogP contribution in [0, 0.1) is 11.7 Å². The Balaban J connectivity index is 1.53. The van der Waals surface area contributed by atoms with E-state index in [4.69, 9.17) is 0 Å². The van der Waals surface area contributed by atoms with Crippen molar-refractivity contribution in [3.8, 4) is 0 Å². The maximum Gasteiger partial charge on any atom is 0.262 e. The Kier molecular flexibility index (Phi) is 5.99. The lowest BCUT2D eigenvalue weighted by Gasteiger charge is -2.19. The largest absolute Gasteiger partial charge is 0.339 e. The number of hydrogen-bond donors (Lipinski definition) is 1. The first-order valence-electron chi connectivity index (χ1n) is 9.92. The van der Waals surface area contributed by atoms with Crippen molar-refractivity contribution >= 4 is 10.0 Å². The molecule has 2 heterocycles. The van der Waals surface area contributed by atoms with E-state index in [-0.39, 0.29) is 22.7 Å². The van der Waals surface area contributed by atoms with Crippen LogP contribution in [0.1, 0.15) is 17.0 Å². The average molecular weight is 429 g/mol. The number of aromatic nitrogens is 2. The SMILES string of the molecule is Cn1cnc(S(=O)(=O)N2C[C@H](CNCc3ccccc3)[C@@H](c3ccc(F)cc3)C2)c1. The molecular weight excluding hydrogens is 403 g/mol. The molecule has 0 amide bonds. The molecular formula is C22H25FN4O2S. The van der Waals surface area contributed by atoms with Crippen LogP contribution in [0.2, 0.25) is 0 Å². The van der Waals surface area contributed by atoms with Crippen molar-refractivity contribution in [1.29, 1.82) is 0 Å². The number of benzene rings is 2. The van der Waals surface area contributed by atoms with Crippen LogP contribution in [0.15, 0.2) is 72.1 Å². The molecule has 6 nitrogen and oxygen atoms in total. The summed E-state index contributed by atoms with van der Waals surface area (Å²) in [5.74, 6) is -0.251. The maximum atomic E-state index is 13.4. The second-order valence-electron chi connectivity index (χ2n) is 7.73. The standard InChI is InChI=1S/C22H25FN4O2S/c1-26-15-22(25-16-26)30(28,29)27-13-19(12-24-11-17-5-3-2-4-6-17)21(14-27)18-7-9-20(23)10-8-18/h2-10,15-16,19,21,24H,11-14H2,1H3/t19-,21+/m0/s1. The van der Waals surface area contributed by atoms with E-state index in [1.165, 1.54) is 34.5 Å². The van der Waals surface area contributed by atoms with E-state index in [1.807, 2.05) is 18.2 Å². The van der Waals surface area contributed by atoms with E-state index in [1.54, 1.807) is 23.7 Å². The summed E-state index contributed by atoms with van der Waals surface area (Å²) in [5, 5.41) is 3.51. The van der Waals surface area contributed by atoms with E-state index in [0.717, 1.165) is 5.56 Å². The van der Waals surface area contributed by atoms with Crippen LogP contribution in [0.4, 0.5) is 4.39 Å². The highest BCUT2D eigenvalue weighted by atomic mass is 32.2. The number of halogens is 1. The molecule has 1 N–H and O–H groups in total. The van der Waals surface area contributed by atoms with E-state index >= 15 is 0 Å². The molecule has 0 aliphatic carbocycles. The van der Waals surface area contributed by atoms with Crippen molar-refractivity contribution in [2.24, 2.45) is 13.0 Å². The van der Waals surface area contributed by atoms with E-state index in [2.05, 4.69) is 22.4 Å². The zero-order chi connectivity index (χ0) is 21.1. The summed E-state index contributed by atoms with van der Waals surface area (Å²) in [6, 6.07) is 16.4. The lowest BCUT2D eigenvalue weighted by molar-refractivity contribution is 0.438. The number of aryl methyl sites for hydroxylation is 1. The first kappa shape index (κ1) is 20.7. The van der Waals surface area contributed by atoms with Crippen LogP contribution in [-0.2, 0) is 23.6 Å². The third kappa shape index (κ3) is 4.45. The van der Waals surface area contributed by atoms with E-state index in [9.17, 15) is 12.8 Å². The third-order valence-corrected chi connectivity index (χ3v) is 7.29. The second kappa shape index (κ2) is 8.67. The second-order valence-corrected chi connectivity index (χ2v) is 9.62. The summed E-state index contributed by atoms with van der Waals surface area (Å²) in [5.41, 5.74) is 2.12. The molecule has 1 saturated heterocycles. The molecule has 0 spiro atoms. The number of hydrogen-bond acceptors (Lipinski definition) is 4. The predicted octanol–water partition coefficient (Wildman–Crippen LogP) is 2.75. The minimum atomic E-state index is -3.68. The smallest absolute Gasteiger partial charge is 0.262 e. The lowest BCUT2D eigenvalue weighted by Crippen LogP contribution is -2.31. The van der Waals surface area contributed by atoms with Crippen LogP contribution in [0.25, 0.3) is 0 Å². The van der Waals surface area contributed by atoms with Gasteiger partial charge in [-0.15, -0.1) is 0 Å². The number of imidazole rings is 1. The van der Waals surface area contributed by atoms with Crippen molar-refractivity contribution in [1.82, 2.24) is 19.2 Å². The summed E-state index contributed by atoms with van der Waals surface area (Å²) >= 11 is 0. The zero-order valence-corrected chi connectivity index (χ0v) is 17.6. The minimum absolute atomic E-state index is 0.0210. The third-order valence-electron chi connectivity index (χ3n) is 5.57. The summed E-state index contributed by atoms with van der Waals surface area (Å²) < 4.78 is 42.7. The molecule has 3 aromatic rings. The zero-order valence-electron chi connectivity index (χ0n) is 16.8. The number of sulfonamides is 1. The highest BCUT2D eigenvalue weighted by Gasteiger charge is 2.40. The van der Waals surface area contributed by atoms with Gasteiger partial charge in [0.05, 0.1) is 6.33 Å². The van der Waals surface area contributed by atoms with Crippen LogP contribution in [-0.4, -0.2) is 41.9 Å². The Morgan fingerprint density at radius 3 is 2.50 bits per heavy atom. The minimum Gasteiger partial charge on any atom is -0.339 e. The molecule has 0 bridgehead atoms. The molecule has 2 atom stereocenters. The van der Waals surface area contributed by atoms with Crippen LogP contribution in [0.3, 0.4) is 0 Å². The highest BCUT2D eigenvalue weighted by Crippen LogP contribution is 2.35. The summed E-state index contributed by atoms with van der Waals surface area (Å²) in [6.07, 6.45) is 3.00. The Morgan fingerprint density at radius 1 is 1.10 bits per heavy atom. The molecule has 2 aromatic carbocycles. The Morgan fingerprint density at radius 2 is 1.83 bits per heavy atom. The highest BCUT2D eigenvalue weighted by molar-refractivity contribution is 7.89. The van der Waals surface area contributed by atoms with Gasteiger partial charge in [0.15, 0.2) is 5.03 Å². The first-order chi connectivity index (χ1) is 14.4. The lowest BCUT2D eigenvalue weighted by atomic mass is 9.89. The van der Waals surface area contributed by atoms with Crippen LogP contribution < -0.4 is 5.32 Å². The van der Waals surface area contributed by atoms with Gasteiger partial charge >= 0.3 is 0 Å². The van der Waals surface area contributed by atoms with Gasteiger partial charge in [-0.1, -0.05) is 42.5 Å². The summed E-state index contributed by atoms with van der Waals surface area (Å²) in [4.78, 5) is 4.04. The molecule has 0 radical (unpaired) electrons.